The fraction of sp³-hybridized carbons (Fsp3) is 0.520. The molecule has 6 nitrogen and oxygen atoms in total. The monoisotopic (exact) mass is 458 g/mol. The minimum Gasteiger partial charge on any atom is -0.383 e. The molecule has 1 amide bonds. The SMILES string of the molecule is COCC1CNC(C)CN1CC(=O)N1CC(C)(C)c2ccc(Cc3ccccc3)nc21.Cl. The molecule has 1 aromatic carbocycles. The maximum absolute atomic E-state index is 13.5. The van der Waals surface area contributed by atoms with Crippen LogP contribution < -0.4 is 10.2 Å². The summed E-state index contributed by atoms with van der Waals surface area (Å²) in [5.41, 5.74) is 3.27. The van der Waals surface area contributed by atoms with Crippen molar-refractivity contribution in [1.82, 2.24) is 15.2 Å². The summed E-state index contributed by atoms with van der Waals surface area (Å²) in [5, 5.41) is 3.49. The summed E-state index contributed by atoms with van der Waals surface area (Å²) >= 11 is 0. The number of fused-ring (bicyclic) bond motifs is 1. The first kappa shape index (κ1) is 24.6. The Morgan fingerprint density at radius 3 is 2.69 bits per heavy atom. The third-order valence-electron chi connectivity index (χ3n) is 6.42. The molecule has 0 saturated carbocycles. The van der Waals surface area contributed by atoms with E-state index in [0.717, 1.165) is 36.6 Å². The van der Waals surface area contributed by atoms with Crippen molar-refractivity contribution in [2.45, 2.75) is 44.7 Å². The van der Waals surface area contributed by atoms with E-state index in [1.165, 1.54) is 5.56 Å². The van der Waals surface area contributed by atoms with Crippen LogP contribution in [0.1, 0.15) is 37.6 Å². The van der Waals surface area contributed by atoms with E-state index in [9.17, 15) is 4.79 Å². The van der Waals surface area contributed by atoms with Gasteiger partial charge >= 0.3 is 0 Å². The number of anilines is 1. The number of ether oxygens (including phenoxy) is 1. The first-order chi connectivity index (χ1) is 14.9. The molecule has 1 saturated heterocycles. The standard InChI is InChI=1S/C25H34N4O2.ClH/c1-18-14-28(21(13-26-18)16-31-4)15-23(30)29-17-25(2,3)22-11-10-20(27-24(22)29)12-19-8-6-5-7-9-19;/h5-11,18,21,26H,12-17H2,1-4H3;1H. The van der Waals surface area contributed by atoms with E-state index in [2.05, 4.69) is 55.3 Å². The summed E-state index contributed by atoms with van der Waals surface area (Å²) in [6, 6.07) is 15.2. The fourth-order valence-electron chi connectivity index (χ4n) is 4.73. The molecule has 0 bridgehead atoms. The van der Waals surface area contributed by atoms with Crippen LogP contribution in [-0.4, -0.2) is 67.8 Å². The zero-order valence-electron chi connectivity index (χ0n) is 19.5. The van der Waals surface area contributed by atoms with Crippen LogP contribution in [0.15, 0.2) is 42.5 Å². The summed E-state index contributed by atoms with van der Waals surface area (Å²) in [7, 11) is 1.72. The normalized spacial score (nSPS) is 22.3. The zero-order chi connectivity index (χ0) is 22.0. The van der Waals surface area contributed by atoms with Crippen molar-refractivity contribution in [3.05, 3.63) is 59.3 Å². The number of methoxy groups -OCH3 is 1. The molecule has 2 aliphatic rings. The smallest absolute Gasteiger partial charge is 0.242 e. The van der Waals surface area contributed by atoms with Gasteiger partial charge in [-0.1, -0.05) is 50.2 Å². The van der Waals surface area contributed by atoms with Crippen LogP contribution in [0.4, 0.5) is 5.82 Å². The number of carbonyl (C=O) groups excluding carboxylic acids is 1. The molecule has 7 heteroatoms. The number of nitrogens with zero attached hydrogens (tertiary/aromatic N) is 3. The Morgan fingerprint density at radius 1 is 1.22 bits per heavy atom. The molecule has 0 spiro atoms. The summed E-state index contributed by atoms with van der Waals surface area (Å²) in [5.74, 6) is 0.946. The van der Waals surface area contributed by atoms with Crippen LogP contribution >= 0.6 is 12.4 Å². The second kappa shape index (κ2) is 10.3. The molecular formula is C25H35ClN4O2. The molecule has 32 heavy (non-hydrogen) atoms. The van der Waals surface area contributed by atoms with E-state index in [-0.39, 0.29) is 29.8 Å². The number of amides is 1. The molecule has 3 heterocycles. The molecule has 174 valence electrons. The van der Waals surface area contributed by atoms with Crippen LogP contribution in [0, 0.1) is 0 Å². The number of rotatable bonds is 6. The number of piperazine rings is 1. The van der Waals surface area contributed by atoms with E-state index in [0.29, 0.717) is 25.7 Å². The highest BCUT2D eigenvalue weighted by atomic mass is 35.5. The second-order valence-corrected chi connectivity index (χ2v) is 9.55. The van der Waals surface area contributed by atoms with Gasteiger partial charge in [0.2, 0.25) is 5.91 Å². The third-order valence-corrected chi connectivity index (χ3v) is 6.42. The van der Waals surface area contributed by atoms with Crippen molar-refractivity contribution in [1.29, 1.82) is 0 Å². The Bertz CT molecular complexity index is 921. The predicted molar refractivity (Wildman–Crippen MR) is 131 cm³/mol. The lowest BCUT2D eigenvalue weighted by molar-refractivity contribution is -0.121. The Balaban J connectivity index is 0.00000289. The lowest BCUT2D eigenvalue weighted by Gasteiger charge is -2.39. The second-order valence-electron chi connectivity index (χ2n) is 9.55. The van der Waals surface area contributed by atoms with E-state index < -0.39 is 0 Å². The lowest BCUT2D eigenvalue weighted by Crippen LogP contribution is -2.59. The van der Waals surface area contributed by atoms with Crippen LogP contribution in [-0.2, 0) is 21.4 Å². The molecule has 2 unspecified atom stereocenters. The molecule has 1 fully saturated rings. The predicted octanol–water partition coefficient (Wildman–Crippen LogP) is 3.03. The Kier molecular flexibility index (Phi) is 7.93. The average molecular weight is 459 g/mol. The van der Waals surface area contributed by atoms with Gasteiger partial charge in [-0.2, -0.15) is 0 Å². The first-order valence-corrected chi connectivity index (χ1v) is 11.2. The Hall–Kier alpha value is -1.99. The highest BCUT2D eigenvalue weighted by Crippen LogP contribution is 2.39. The van der Waals surface area contributed by atoms with Gasteiger partial charge in [-0.25, -0.2) is 4.98 Å². The number of hydrogen-bond donors (Lipinski definition) is 1. The van der Waals surface area contributed by atoms with E-state index in [1.807, 2.05) is 23.1 Å². The number of pyridine rings is 1. The zero-order valence-corrected chi connectivity index (χ0v) is 20.3. The topological polar surface area (TPSA) is 57.7 Å². The molecule has 1 N–H and O–H groups in total. The maximum atomic E-state index is 13.5. The van der Waals surface area contributed by atoms with Crippen LogP contribution in [0.2, 0.25) is 0 Å². The highest BCUT2D eigenvalue weighted by molar-refractivity contribution is 5.96. The summed E-state index contributed by atoms with van der Waals surface area (Å²) in [6.45, 7) is 9.90. The fourth-order valence-corrected chi connectivity index (χ4v) is 4.73. The Labute approximate surface area is 197 Å². The number of benzene rings is 1. The van der Waals surface area contributed by atoms with Gasteiger partial charge in [0.25, 0.3) is 0 Å². The summed E-state index contributed by atoms with van der Waals surface area (Å²) < 4.78 is 5.40. The van der Waals surface area contributed by atoms with Crippen molar-refractivity contribution in [3.63, 3.8) is 0 Å². The van der Waals surface area contributed by atoms with Gasteiger partial charge in [-0.15, -0.1) is 12.4 Å². The summed E-state index contributed by atoms with van der Waals surface area (Å²) in [6.07, 6.45) is 0.766. The molecule has 2 aromatic rings. The van der Waals surface area contributed by atoms with Gasteiger partial charge in [0, 0.05) is 61.9 Å². The van der Waals surface area contributed by atoms with Gasteiger partial charge in [0.15, 0.2) is 0 Å². The van der Waals surface area contributed by atoms with Crippen molar-refractivity contribution in [2.75, 3.05) is 44.8 Å². The van der Waals surface area contributed by atoms with Gasteiger partial charge in [0.1, 0.15) is 5.82 Å². The third kappa shape index (κ3) is 5.31. The maximum Gasteiger partial charge on any atom is 0.242 e. The van der Waals surface area contributed by atoms with Crippen molar-refractivity contribution >= 4 is 24.1 Å². The minimum absolute atomic E-state index is 0. The first-order valence-electron chi connectivity index (χ1n) is 11.2. The van der Waals surface area contributed by atoms with Crippen molar-refractivity contribution in [3.8, 4) is 0 Å². The Morgan fingerprint density at radius 2 is 1.97 bits per heavy atom. The largest absolute Gasteiger partial charge is 0.383 e. The quantitative estimate of drug-likeness (QED) is 0.721. The molecular weight excluding hydrogens is 424 g/mol. The molecule has 0 radical (unpaired) electrons. The number of nitrogens with one attached hydrogen (secondary N) is 1. The lowest BCUT2D eigenvalue weighted by atomic mass is 9.88. The van der Waals surface area contributed by atoms with Crippen molar-refractivity contribution in [2.24, 2.45) is 0 Å². The van der Waals surface area contributed by atoms with Crippen LogP contribution in [0.25, 0.3) is 0 Å². The number of halogens is 1. The van der Waals surface area contributed by atoms with E-state index in [4.69, 9.17) is 9.72 Å². The average Bonchev–Trinajstić information content (AvgIpc) is 3.01. The van der Waals surface area contributed by atoms with Gasteiger partial charge < -0.3 is 10.1 Å². The minimum atomic E-state index is -0.105. The number of aromatic nitrogens is 1. The van der Waals surface area contributed by atoms with Gasteiger partial charge in [-0.05, 0) is 18.6 Å². The van der Waals surface area contributed by atoms with Gasteiger partial charge in [-0.3, -0.25) is 14.6 Å². The van der Waals surface area contributed by atoms with Crippen LogP contribution in [0.3, 0.4) is 0 Å². The number of hydrogen-bond acceptors (Lipinski definition) is 5. The van der Waals surface area contributed by atoms with E-state index in [1.54, 1.807) is 7.11 Å². The number of carbonyl (C=O) groups is 1. The van der Waals surface area contributed by atoms with Gasteiger partial charge in [0.05, 0.1) is 13.2 Å². The highest BCUT2D eigenvalue weighted by Gasteiger charge is 2.40. The molecule has 2 aliphatic heterocycles. The molecule has 2 atom stereocenters. The van der Waals surface area contributed by atoms with Crippen molar-refractivity contribution < 1.29 is 9.53 Å². The van der Waals surface area contributed by atoms with E-state index >= 15 is 0 Å². The summed E-state index contributed by atoms with van der Waals surface area (Å²) in [4.78, 5) is 22.6. The molecule has 0 aliphatic carbocycles. The molecule has 1 aromatic heterocycles. The molecule has 4 rings (SSSR count). The van der Waals surface area contributed by atoms with Crippen LogP contribution in [0.5, 0.6) is 0 Å².